The predicted octanol–water partition coefficient (Wildman–Crippen LogP) is 10.5. The lowest BCUT2D eigenvalue weighted by atomic mass is 10.0. The third-order valence-corrected chi connectivity index (χ3v) is 15.2. The fraction of sp³-hybridized carbons (Fsp3) is 0. The minimum absolute atomic E-state index is 1.12. The van der Waals surface area contributed by atoms with E-state index in [1.165, 1.54) is 53.4 Å². The second kappa shape index (κ2) is 13.7. The molecule has 0 spiro atoms. The Kier molecular flexibility index (Phi) is 8.28. The van der Waals surface area contributed by atoms with Gasteiger partial charge in [-0.25, -0.2) is 0 Å². The molecule has 0 aliphatic rings. The van der Waals surface area contributed by atoms with E-state index in [0.717, 1.165) is 17.1 Å². The molecule has 0 aliphatic carbocycles. The van der Waals surface area contributed by atoms with E-state index in [9.17, 15) is 0 Å². The van der Waals surface area contributed by atoms with Gasteiger partial charge in [-0.05, 0) is 66.9 Å². The Morgan fingerprint density at radius 2 is 0.615 bits per heavy atom. The SMILES string of the molecule is c1ccc([Si](c2ccccc2)(c2ccccc2)c2ccc(-c3ccc(N(c4cccc5ccccc45)c4cccc5ccccc45)cc3)cc2)cc1. The Morgan fingerprint density at radius 1 is 0.269 bits per heavy atom. The molecule has 0 aromatic heterocycles. The highest BCUT2D eigenvalue weighted by molar-refractivity contribution is 7.19. The molecule has 0 fully saturated rings. The van der Waals surface area contributed by atoms with Crippen LogP contribution in [0, 0.1) is 0 Å². The van der Waals surface area contributed by atoms with Crippen LogP contribution < -0.4 is 25.6 Å². The third kappa shape index (κ3) is 5.51. The van der Waals surface area contributed by atoms with Crippen LogP contribution in [-0.4, -0.2) is 8.07 Å². The number of nitrogens with zero attached hydrogens (tertiary/aromatic N) is 1. The summed E-state index contributed by atoms with van der Waals surface area (Å²) in [6.07, 6.45) is 0. The van der Waals surface area contributed by atoms with Crippen molar-refractivity contribution in [1.82, 2.24) is 0 Å². The van der Waals surface area contributed by atoms with Crippen molar-refractivity contribution in [3.05, 3.63) is 224 Å². The van der Waals surface area contributed by atoms with Crippen LogP contribution in [0.25, 0.3) is 32.7 Å². The summed E-state index contributed by atoms with van der Waals surface area (Å²) >= 11 is 0. The molecule has 9 aromatic carbocycles. The molecule has 52 heavy (non-hydrogen) atoms. The third-order valence-electron chi connectivity index (χ3n) is 10.4. The molecule has 0 aliphatic heterocycles. The highest BCUT2D eigenvalue weighted by Crippen LogP contribution is 2.42. The number of hydrogen-bond donors (Lipinski definition) is 0. The fourth-order valence-corrected chi connectivity index (χ4v) is 12.7. The van der Waals surface area contributed by atoms with E-state index in [0.29, 0.717) is 0 Å². The summed E-state index contributed by atoms with van der Waals surface area (Å²) < 4.78 is 0. The number of fused-ring (bicyclic) bond motifs is 2. The minimum Gasteiger partial charge on any atom is -0.309 e. The Balaban J connectivity index is 1.15. The molecule has 0 saturated heterocycles. The van der Waals surface area contributed by atoms with Gasteiger partial charge >= 0.3 is 0 Å². The van der Waals surface area contributed by atoms with Crippen molar-refractivity contribution in [1.29, 1.82) is 0 Å². The zero-order chi connectivity index (χ0) is 34.7. The van der Waals surface area contributed by atoms with Crippen molar-refractivity contribution in [3.63, 3.8) is 0 Å². The Hall–Kier alpha value is -6.48. The second-order valence-corrected chi connectivity index (χ2v) is 17.1. The lowest BCUT2D eigenvalue weighted by Gasteiger charge is -2.34. The molecular weight excluding hydrogens is 643 g/mol. The molecule has 2 heteroatoms. The van der Waals surface area contributed by atoms with Gasteiger partial charge in [-0.3, -0.25) is 0 Å². The van der Waals surface area contributed by atoms with Crippen molar-refractivity contribution in [2.75, 3.05) is 4.90 Å². The normalized spacial score (nSPS) is 11.5. The average Bonchev–Trinajstić information content (AvgIpc) is 3.23. The van der Waals surface area contributed by atoms with E-state index >= 15 is 0 Å². The first kappa shape index (κ1) is 31.5. The van der Waals surface area contributed by atoms with Crippen LogP contribution in [0.15, 0.2) is 224 Å². The van der Waals surface area contributed by atoms with Gasteiger partial charge in [0.05, 0.1) is 11.4 Å². The van der Waals surface area contributed by atoms with Crippen molar-refractivity contribution in [2.24, 2.45) is 0 Å². The van der Waals surface area contributed by atoms with E-state index in [1.54, 1.807) is 0 Å². The Labute approximate surface area is 306 Å². The monoisotopic (exact) mass is 679 g/mol. The molecule has 0 saturated carbocycles. The van der Waals surface area contributed by atoms with E-state index in [4.69, 9.17) is 0 Å². The van der Waals surface area contributed by atoms with Crippen LogP contribution in [0.5, 0.6) is 0 Å². The van der Waals surface area contributed by atoms with Gasteiger partial charge in [-0.1, -0.05) is 200 Å². The molecule has 9 aromatic rings. The summed E-state index contributed by atoms with van der Waals surface area (Å²) in [6, 6.07) is 82.3. The standard InChI is InChI=1S/C50H37NSi/c1-4-20-43(21-5-1)52(44-22-6-2-7-23-44,45-24-8-3-9-25-45)46-36-32-39(33-37-46)38-30-34-42(35-31-38)51(49-28-14-18-40-16-10-12-26-47(40)49)50-29-15-19-41-17-11-13-27-48(41)50/h1-37H. The first-order chi connectivity index (χ1) is 25.8. The lowest BCUT2D eigenvalue weighted by molar-refractivity contribution is 1.31. The Morgan fingerprint density at radius 3 is 1.06 bits per heavy atom. The van der Waals surface area contributed by atoms with Gasteiger partial charge in [-0.2, -0.15) is 0 Å². The molecule has 0 heterocycles. The van der Waals surface area contributed by atoms with Crippen molar-refractivity contribution in [2.45, 2.75) is 0 Å². The zero-order valence-electron chi connectivity index (χ0n) is 28.8. The van der Waals surface area contributed by atoms with Crippen LogP contribution in [0.1, 0.15) is 0 Å². The molecule has 0 N–H and O–H groups in total. The maximum Gasteiger partial charge on any atom is 0.179 e. The van der Waals surface area contributed by atoms with Gasteiger partial charge < -0.3 is 4.90 Å². The highest BCUT2D eigenvalue weighted by atomic mass is 28.3. The predicted molar refractivity (Wildman–Crippen MR) is 225 cm³/mol. The lowest BCUT2D eigenvalue weighted by Crippen LogP contribution is -2.74. The van der Waals surface area contributed by atoms with Crippen LogP contribution >= 0.6 is 0 Å². The van der Waals surface area contributed by atoms with E-state index < -0.39 is 8.07 Å². The minimum atomic E-state index is -2.57. The highest BCUT2D eigenvalue weighted by Gasteiger charge is 2.41. The van der Waals surface area contributed by atoms with Crippen molar-refractivity contribution < 1.29 is 0 Å². The van der Waals surface area contributed by atoms with Gasteiger partial charge in [0.1, 0.15) is 0 Å². The van der Waals surface area contributed by atoms with Gasteiger partial charge in [-0.15, -0.1) is 0 Å². The maximum atomic E-state index is 2.41. The largest absolute Gasteiger partial charge is 0.309 e. The average molecular weight is 680 g/mol. The topological polar surface area (TPSA) is 3.24 Å². The second-order valence-electron chi connectivity index (χ2n) is 13.3. The van der Waals surface area contributed by atoms with Crippen LogP contribution in [0.2, 0.25) is 0 Å². The molecule has 0 bridgehead atoms. The van der Waals surface area contributed by atoms with Crippen LogP contribution in [0.4, 0.5) is 17.1 Å². The summed E-state index contributed by atoms with van der Waals surface area (Å²) in [4.78, 5) is 2.41. The van der Waals surface area contributed by atoms with Crippen LogP contribution in [0.3, 0.4) is 0 Å². The van der Waals surface area contributed by atoms with E-state index in [2.05, 4.69) is 229 Å². The summed E-state index contributed by atoms with van der Waals surface area (Å²) in [6.45, 7) is 0. The Bertz CT molecular complexity index is 2410. The van der Waals surface area contributed by atoms with Gasteiger partial charge in [0.15, 0.2) is 8.07 Å². The summed E-state index contributed by atoms with van der Waals surface area (Å²) in [5.41, 5.74) is 5.84. The molecule has 0 unspecified atom stereocenters. The molecule has 246 valence electrons. The molecule has 0 radical (unpaired) electrons. The van der Waals surface area contributed by atoms with Gasteiger partial charge in [0.25, 0.3) is 0 Å². The summed E-state index contributed by atoms with van der Waals surface area (Å²) in [7, 11) is -2.57. The van der Waals surface area contributed by atoms with Crippen LogP contribution in [-0.2, 0) is 0 Å². The molecular formula is C50H37NSi. The molecule has 1 nitrogen and oxygen atoms in total. The van der Waals surface area contributed by atoms with Gasteiger partial charge in [0.2, 0.25) is 0 Å². The van der Waals surface area contributed by atoms with E-state index in [1.807, 2.05) is 0 Å². The number of anilines is 3. The molecule has 0 atom stereocenters. The smallest absolute Gasteiger partial charge is 0.179 e. The van der Waals surface area contributed by atoms with E-state index in [-0.39, 0.29) is 0 Å². The number of rotatable bonds is 8. The van der Waals surface area contributed by atoms with Gasteiger partial charge in [0, 0.05) is 16.5 Å². The summed E-state index contributed by atoms with van der Waals surface area (Å²) in [5, 5.41) is 10.4. The zero-order valence-corrected chi connectivity index (χ0v) is 29.8. The maximum absolute atomic E-state index is 2.57. The quantitative estimate of drug-likeness (QED) is 0.114. The summed E-state index contributed by atoms with van der Waals surface area (Å²) in [5.74, 6) is 0. The first-order valence-electron chi connectivity index (χ1n) is 17.9. The molecule has 0 amide bonds. The van der Waals surface area contributed by atoms with Crippen molar-refractivity contribution in [3.8, 4) is 11.1 Å². The molecule has 9 rings (SSSR count). The van der Waals surface area contributed by atoms with Crippen molar-refractivity contribution >= 4 is 67.4 Å². The number of benzene rings is 9. The number of hydrogen-bond acceptors (Lipinski definition) is 1. The fourth-order valence-electron chi connectivity index (χ4n) is 7.99. The first-order valence-corrected chi connectivity index (χ1v) is 19.9.